The number of amides is 1. The predicted octanol–water partition coefficient (Wildman–Crippen LogP) is 0.690. The molecule has 1 fully saturated rings. The summed E-state index contributed by atoms with van der Waals surface area (Å²) in [7, 11) is 0. The van der Waals surface area contributed by atoms with Crippen LogP contribution in [0.25, 0.3) is 0 Å². The van der Waals surface area contributed by atoms with E-state index in [0.717, 1.165) is 38.5 Å². The number of carbonyl (C=O) groups excluding carboxylic acids is 1. The Hall–Kier alpha value is -0.420. The van der Waals surface area contributed by atoms with Gasteiger partial charge in [-0.1, -0.05) is 0 Å². The lowest BCUT2D eigenvalue weighted by Gasteiger charge is -2.33. The molecule has 0 N–H and O–H groups in total. The van der Waals surface area contributed by atoms with E-state index < -0.39 is 0 Å². The summed E-state index contributed by atoms with van der Waals surface area (Å²) in [5.74, 6) is 0.874. The lowest BCUT2D eigenvalue weighted by molar-refractivity contribution is 0.0813. The molecule has 14 heavy (non-hydrogen) atoms. The van der Waals surface area contributed by atoms with Gasteiger partial charge in [-0.2, -0.15) is 12.6 Å². The van der Waals surface area contributed by atoms with Crippen LogP contribution in [0, 0.1) is 0 Å². The molecule has 0 bridgehead atoms. The Morgan fingerprint density at radius 3 is 2.50 bits per heavy atom. The van der Waals surface area contributed by atoms with Gasteiger partial charge >= 0.3 is 6.09 Å². The summed E-state index contributed by atoms with van der Waals surface area (Å²) in [6.07, 6.45) is -0.182. The van der Waals surface area contributed by atoms with E-state index in [9.17, 15) is 4.79 Å². The van der Waals surface area contributed by atoms with Gasteiger partial charge in [-0.05, 0) is 6.92 Å². The van der Waals surface area contributed by atoms with Crippen LogP contribution in [0.1, 0.15) is 6.92 Å². The number of thiol groups is 1. The molecular formula is C9H18N2O2S. The lowest BCUT2D eigenvalue weighted by Crippen LogP contribution is -2.49. The molecule has 0 spiro atoms. The smallest absolute Gasteiger partial charge is 0.409 e. The van der Waals surface area contributed by atoms with Crippen molar-refractivity contribution in [2.24, 2.45) is 0 Å². The number of piperazine rings is 1. The van der Waals surface area contributed by atoms with Crippen LogP contribution in [0.5, 0.6) is 0 Å². The van der Waals surface area contributed by atoms with Gasteiger partial charge in [0, 0.05) is 38.5 Å². The number of carbonyl (C=O) groups is 1. The van der Waals surface area contributed by atoms with Gasteiger partial charge in [0.25, 0.3) is 0 Å². The molecule has 0 unspecified atom stereocenters. The van der Waals surface area contributed by atoms with Crippen molar-refractivity contribution in [2.75, 3.05) is 45.1 Å². The topological polar surface area (TPSA) is 32.8 Å². The Morgan fingerprint density at radius 2 is 2.00 bits per heavy atom. The number of hydrogen-bond acceptors (Lipinski definition) is 4. The highest BCUT2D eigenvalue weighted by Crippen LogP contribution is 2.03. The van der Waals surface area contributed by atoms with Crippen molar-refractivity contribution in [2.45, 2.75) is 6.92 Å². The summed E-state index contributed by atoms with van der Waals surface area (Å²) in [5.41, 5.74) is 0. The first-order valence-corrected chi connectivity index (χ1v) is 5.66. The average Bonchev–Trinajstić information content (AvgIpc) is 2.20. The van der Waals surface area contributed by atoms with E-state index in [1.165, 1.54) is 0 Å². The van der Waals surface area contributed by atoms with Gasteiger partial charge in [0.15, 0.2) is 0 Å². The quantitative estimate of drug-likeness (QED) is 0.708. The van der Waals surface area contributed by atoms with Crippen molar-refractivity contribution in [1.82, 2.24) is 9.80 Å². The fraction of sp³-hybridized carbons (Fsp3) is 0.889. The highest BCUT2D eigenvalue weighted by atomic mass is 32.1. The van der Waals surface area contributed by atoms with Crippen LogP contribution in [-0.2, 0) is 4.74 Å². The second kappa shape index (κ2) is 6.14. The molecule has 0 aromatic rings. The van der Waals surface area contributed by atoms with E-state index in [1.54, 1.807) is 4.90 Å². The maximum absolute atomic E-state index is 11.3. The maximum Gasteiger partial charge on any atom is 0.409 e. The third-order valence-electron chi connectivity index (χ3n) is 2.31. The zero-order valence-corrected chi connectivity index (χ0v) is 9.50. The molecule has 1 aliphatic heterocycles. The van der Waals surface area contributed by atoms with Crippen LogP contribution in [0.3, 0.4) is 0 Å². The molecule has 1 heterocycles. The zero-order valence-electron chi connectivity index (χ0n) is 8.61. The van der Waals surface area contributed by atoms with Gasteiger partial charge in [0.1, 0.15) is 0 Å². The lowest BCUT2D eigenvalue weighted by atomic mass is 10.3. The molecule has 82 valence electrons. The van der Waals surface area contributed by atoms with Crippen LogP contribution in [0.15, 0.2) is 0 Å². The molecule has 1 amide bonds. The summed E-state index contributed by atoms with van der Waals surface area (Å²) in [4.78, 5) is 15.4. The van der Waals surface area contributed by atoms with E-state index in [0.29, 0.717) is 6.61 Å². The molecule has 0 aromatic carbocycles. The Morgan fingerprint density at radius 1 is 1.36 bits per heavy atom. The fourth-order valence-corrected chi connectivity index (χ4v) is 1.79. The minimum Gasteiger partial charge on any atom is -0.450 e. The van der Waals surface area contributed by atoms with Crippen molar-refractivity contribution in [1.29, 1.82) is 0 Å². The maximum atomic E-state index is 11.3. The molecular weight excluding hydrogens is 200 g/mol. The first kappa shape index (κ1) is 11.7. The normalized spacial score (nSPS) is 18.3. The van der Waals surface area contributed by atoms with Crippen LogP contribution in [0.2, 0.25) is 0 Å². The number of ether oxygens (including phenoxy) is 1. The molecule has 0 atom stereocenters. The summed E-state index contributed by atoms with van der Waals surface area (Å²) in [6, 6.07) is 0. The molecule has 0 saturated carbocycles. The van der Waals surface area contributed by atoms with E-state index >= 15 is 0 Å². The highest BCUT2D eigenvalue weighted by molar-refractivity contribution is 7.80. The van der Waals surface area contributed by atoms with E-state index in [2.05, 4.69) is 17.5 Å². The molecule has 1 rings (SSSR count). The largest absolute Gasteiger partial charge is 0.450 e. The molecule has 1 aliphatic rings. The number of rotatable bonds is 3. The summed E-state index contributed by atoms with van der Waals surface area (Å²) >= 11 is 4.18. The molecule has 0 radical (unpaired) electrons. The van der Waals surface area contributed by atoms with Gasteiger partial charge in [0.05, 0.1) is 6.61 Å². The first-order valence-electron chi connectivity index (χ1n) is 5.03. The van der Waals surface area contributed by atoms with E-state index in [-0.39, 0.29) is 6.09 Å². The van der Waals surface area contributed by atoms with Crippen molar-refractivity contribution in [3.05, 3.63) is 0 Å². The van der Waals surface area contributed by atoms with E-state index in [1.807, 2.05) is 6.92 Å². The van der Waals surface area contributed by atoms with Gasteiger partial charge in [-0.3, -0.25) is 4.90 Å². The monoisotopic (exact) mass is 218 g/mol. The van der Waals surface area contributed by atoms with Crippen LogP contribution < -0.4 is 0 Å². The van der Waals surface area contributed by atoms with Crippen molar-refractivity contribution < 1.29 is 9.53 Å². The Labute approximate surface area is 90.6 Å². The first-order chi connectivity index (χ1) is 6.77. The van der Waals surface area contributed by atoms with Crippen LogP contribution in [0.4, 0.5) is 4.79 Å². The highest BCUT2D eigenvalue weighted by Gasteiger charge is 2.20. The minimum atomic E-state index is -0.182. The third-order valence-corrected chi connectivity index (χ3v) is 2.51. The summed E-state index contributed by atoms with van der Waals surface area (Å²) in [5, 5.41) is 0. The SMILES string of the molecule is CCOC(=O)N1CCN(CCS)CC1. The van der Waals surface area contributed by atoms with Gasteiger partial charge in [0.2, 0.25) is 0 Å². The Balaban J connectivity index is 2.24. The van der Waals surface area contributed by atoms with Gasteiger partial charge in [-0.15, -0.1) is 0 Å². The summed E-state index contributed by atoms with van der Waals surface area (Å²) in [6.45, 7) is 6.68. The van der Waals surface area contributed by atoms with Crippen molar-refractivity contribution in [3.8, 4) is 0 Å². The second-order valence-corrected chi connectivity index (χ2v) is 3.70. The fourth-order valence-electron chi connectivity index (χ4n) is 1.51. The van der Waals surface area contributed by atoms with Gasteiger partial charge < -0.3 is 9.64 Å². The third kappa shape index (κ3) is 3.38. The van der Waals surface area contributed by atoms with Crippen molar-refractivity contribution in [3.63, 3.8) is 0 Å². The van der Waals surface area contributed by atoms with Crippen LogP contribution in [-0.4, -0.2) is 61.0 Å². The van der Waals surface area contributed by atoms with Crippen LogP contribution >= 0.6 is 12.6 Å². The predicted molar refractivity (Wildman–Crippen MR) is 58.9 cm³/mol. The Bertz CT molecular complexity index is 182. The summed E-state index contributed by atoms with van der Waals surface area (Å²) < 4.78 is 4.93. The van der Waals surface area contributed by atoms with E-state index in [4.69, 9.17) is 4.74 Å². The molecule has 1 saturated heterocycles. The molecule has 5 heteroatoms. The van der Waals surface area contributed by atoms with Crippen molar-refractivity contribution >= 4 is 18.7 Å². The number of hydrogen-bond donors (Lipinski definition) is 1. The molecule has 4 nitrogen and oxygen atoms in total. The molecule has 0 aliphatic carbocycles. The molecule has 0 aromatic heterocycles. The zero-order chi connectivity index (χ0) is 10.4. The average molecular weight is 218 g/mol. The minimum absolute atomic E-state index is 0.182. The van der Waals surface area contributed by atoms with Gasteiger partial charge in [-0.25, -0.2) is 4.79 Å². The number of nitrogens with zero attached hydrogens (tertiary/aromatic N) is 2. The standard InChI is InChI=1S/C9H18N2O2S/c1-2-13-9(12)11-5-3-10(4-6-11)7-8-14/h14H,2-8H2,1H3. The second-order valence-electron chi connectivity index (χ2n) is 3.25. The Kier molecular flexibility index (Phi) is 5.11.